The molecule has 0 aliphatic rings. The van der Waals surface area contributed by atoms with Gasteiger partial charge in [0.15, 0.2) is 0 Å². The van der Waals surface area contributed by atoms with Crippen molar-refractivity contribution in [2.75, 3.05) is 17.7 Å². The SMILES string of the molecule is Cc1cc(N)cc(C(=O)N(C)c2cccc(C#N)c2)c1. The van der Waals surface area contributed by atoms with Crippen LogP contribution in [0.25, 0.3) is 0 Å². The van der Waals surface area contributed by atoms with Gasteiger partial charge in [0.25, 0.3) is 5.91 Å². The summed E-state index contributed by atoms with van der Waals surface area (Å²) in [6.45, 7) is 1.89. The van der Waals surface area contributed by atoms with Gasteiger partial charge in [0, 0.05) is 24.0 Å². The largest absolute Gasteiger partial charge is 0.399 e. The summed E-state index contributed by atoms with van der Waals surface area (Å²) < 4.78 is 0. The molecule has 0 saturated carbocycles. The molecule has 4 heteroatoms. The number of nitrogen functional groups attached to an aromatic ring is 1. The number of benzene rings is 2. The molecule has 0 bridgehead atoms. The molecular weight excluding hydrogens is 250 g/mol. The molecule has 0 aliphatic heterocycles. The molecule has 0 fully saturated rings. The van der Waals surface area contributed by atoms with E-state index in [-0.39, 0.29) is 5.91 Å². The highest BCUT2D eigenvalue weighted by Gasteiger charge is 2.14. The Hall–Kier alpha value is -2.80. The van der Waals surface area contributed by atoms with Crippen LogP contribution in [0.4, 0.5) is 11.4 Å². The van der Waals surface area contributed by atoms with E-state index in [0.717, 1.165) is 5.56 Å². The normalized spacial score (nSPS) is 9.85. The quantitative estimate of drug-likeness (QED) is 0.849. The summed E-state index contributed by atoms with van der Waals surface area (Å²) >= 11 is 0. The first-order valence-corrected chi connectivity index (χ1v) is 6.16. The monoisotopic (exact) mass is 265 g/mol. The number of carbonyl (C=O) groups is 1. The van der Waals surface area contributed by atoms with Gasteiger partial charge in [-0.05, 0) is 48.9 Å². The van der Waals surface area contributed by atoms with E-state index in [1.807, 2.05) is 13.0 Å². The van der Waals surface area contributed by atoms with E-state index in [0.29, 0.717) is 22.5 Å². The fourth-order valence-electron chi connectivity index (χ4n) is 2.03. The first-order valence-electron chi connectivity index (χ1n) is 6.16. The molecule has 2 aromatic carbocycles. The summed E-state index contributed by atoms with van der Waals surface area (Å²) in [5.41, 5.74) is 9.00. The number of nitrogens with two attached hydrogens (primary N) is 1. The van der Waals surface area contributed by atoms with Crippen molar-refractivity contribution in [2.45, 2.75) is 6.92 Å². The average Bonchev–Trinajstić information content (AvgIpc) is 2.44. The van der Waals surface area contributed by atoms with Crippen molar-refractivity contribution >= 4 is 17.3 Å². The molecule has 0 aromatic heterocycles. The zero-order chi connectivity index (χ0) is 14.7. The minimum atomic E-state index is -0.157. The van der Waals surface area contributed by atoms with E-state index >= 15 is 0 Å². The number of rotatable bonds is 2. The minimum absolute atomic E-state index is 0.157. The fourth-order valence-corrected chi connectivity index (χ4v) is 2.03. The average molecular weight is 265 g/mol. The van der Waals surface area contributed by atoms with E-state index < -0.39 is 0 Å². The Labute approximate surface area is 118 Å². The summed E-state index contributed by atoms with van der Waals surface area (Å²) in [4.78, 5) is 13.9. The van der Waals surface area contributed by atoms with Gasteiger partial charge in [-0.3, -0.25) is 4.79 Å². The first kappa shape index (κ1) is 13.6. The third-order valence-electron chi connectivity index (χ3n) is 3.01. The maximum absolute atomic E-state index is 12.4. The van der Waals surface area contributed by atoms with Gasteiger partial charge in [-0.15, -0.1) is 0 Å². The Morgan fingerprint density at radius 1 is 1.25 bits per heavy atom. The molecule has 0 spiro atoms. The number of anilines is 2. The maximum Gasteiger partial charge on any atom is 0.258 e. The van der Waals surface area contributed by atoms with Crippen molar-refractivity contribution in [1.29, 1.82) is 5.26 Å². The minimum Gasteiger partial charge on any atom is -0.399 e. The predicted octanol–water partition coefficient (Wildman–Crippen LogP) is 2.73. The molecule has 2 rings (SSSR count). The van der Waals surface area contributed by atoms with Crippen LogP contribution in [-0.2, 0) is 0 Å². The molecule has 1 amide bonds. The Morgan fingerprint density at radius 2 is 2.00 bits per heavy atom. The van der Waals surface area contributed by atoms with Crippen LogP contribution in [0.3, 0.4) is 0 Å². The molecule has 0 atom stereocenters. The highest BCUT2D eigenvalue weighted by molar-refractivity contribution is 6.06. The van der Waals surface area contributed by atoms with Crippen molar-refractivity contribution in [2.24, 2.45) is 0 Å². The second-order valence-electron chi connectivity index (χ2n) is 4.66. The Bertz CT molecular complexity index is 681. The molecule has 0 aliphatic carbocycles. The van der Waals surface area contributed by atoms with Crippen LogP contribution < -0.4 is 10.6 Å². The Morgan fingerprint density at radius 3 is 2.65 bits per heavy atom. The van der Waals surface area contributed by atoms with E-state index in [1.54, 1.807) is 43.4 Å². The molecule has 0 saturated heterocycles. The topological polar surface area (TPSA) is 70.1 Å². The van der Waals surface area contributed by atoms with Gasteiger partial charge in [-0.25, -0.2) is 0 Å². The van der Waals surface area contributed by atoms with Gasteiger partial charge in [0.2, 0.25) is 0 Å². The molecule has 2 N–H and O–H groups in total. The number of aryl methyl sites for hydroxylation is 1. The second kappa shape index (κ2) is 5.45. The van der Waals surface area contributed by atoms with Gasteiger partial charge < -0.3 is 10.6 Å². The van der Waals surface area contributed by atoms with Crippen LogP contribution in [0.2, 0.25) is 0 Å². The number of nitrogens with zero attached hydrogens (tertiary/aromatic N) is 2. The molecule has 0 heterocycles. The smallest absolute Gasteiger partial charge is 0.258 e. The van der Waals surface area contributed by atoms with Crippen LogP contribution in [0, 0.1) is 18.3 Å². The standard InChI is InChI=1S/C16H15N3O/c1-11-6-13(9-14(18)7-11)16(20)19(2)15-5-3-4-12(8-15)10-17/h3-9H,18H2,1-2H3. The Kier molecular flexibility index (Phi) is 3.72. The number of hydrogen-bond acceptors (Lipinski definition) is 3. The number of carbonyl (C=O) groups excluding carboxylic acids is 1. The van der Waals surface area contributed by atoms with Gasteiger partial charge in [-0.1, -0.05) is 6.07 Å². The van der Waals surface area contributed by atoms with Gasteiger partial charge >= 0.3 is 0 Å². The summed E-state index contributed by atoms with van der Waals surface area (Å²) in [6.07, 6.45) is 0. The van der Waals surface area contributed by atoms with Crippen molar-refractivity contribution in [3.8, 4) is 6.07 Å². The van der Waals surface area contributed by atoms with Crippen LogP contribution >= 0.6 is 0 Å². The lowest BCUT2D eigenvalue weighted by Crippen LogP contribution is -2.26. The highest BCUT2D eigenvalue weighted by atomic mass is 16.2. The van der Waals surface area contributed by atoms with E-state index in [1.165, 1.54) is 4.90 Å². The third-order valence-corrected chi connectivity index (χ3v) is 3.01. The Balaban J connectivity index is 2.35. The number of hydrogen-bond donors (Lipinski definition) is 1. The molecular formula is C16H15N3O. The van der Waals surface area contributed by atoms with E-state index in [9.17, 15) is 4.79 Å². The zero-order valence-electron chi connectivity index (χ0n) is 11.4. The lowest BCUT2D eigenvalue weighted by molar-refractivity contribution is 0.0993. The summed E-state index contributed by atoms with van der Waals surface area (Å²) in [5, 5.41) is 8.90. The summed E-state index contributed by atoms with van der Waals surface area (Å²) in [5.74, 6) is -0.157. The van der Waals surface area contributed by atoms with Crippen LogP contribution in [-0.4, -0.2) is 13.0 Å². The van der Waals surface area contributed by atoms with Crippen molar-refractivity contribution in [3.63, 3.8) is 0 Å². The van der Waals surface area contributed by atoms with Gasteiger partial charge in [0.1, 0.15) is 0 Å². The van der Waals surface area contributed by atoms with E-state index in [2.05, 4.69) is 6.07 Å². The van der Waals surface area contributed by atoms with Crippen molar-refractivity contribution in [1.82, 2.24) is 0 Å². The third kappa shape index (κ3) is 2.78. The molecule has 4 nitrogen and oxygen atoms in total. The second-order valence-corrected chi connectivity index (χ2v) is 4.66. The van der Waals surface area contributed by atoms with Crippen molar-refractivity contribution in [3.05, 3.63) is 59.2 Å². The molecule has 0 radical (unpaired) electrons. The van der Waals surface area contributed by atoms with Crippen LogP contribution in [0.5, 0.6) is 0 Å². The molecule has 20 heavy (non-hydrogen) atoms. The summed E-state index contributed by atoms with van der Waals surface area (Å²) in [7, 11) is 1.68. The number of amides is 1. The van der Waals surface area contributed by atoms with E-state index in [4.69, 9.17) is 11.0 Å². The van der Waals surface area contributed by atoms with Crippen LogP contribution in [0.1, 0.15) is 21.5 Å². The fraction of sp³-hybridized carbons (Fsp3) is 0.125. The predicted molar refractivity (Wildman–Crippen MR) is 79.5 cm³/mol. The molecule has 0 unspecified atom stereocenters. The number of nitriles is 1. The van der Waals surface area contributed by atoms with Gasteiger partial charge in [0.05, 0.1) is 11.6 Å². The highest BCUT2D eigenvalue weighted by Crippen LogP contribution is 2.19. The molecule has 2 aromatic rings. The lowest BCUT2D eigenvalue weighted by atomic mass is 10.1. The van der Waals surface area contributed by atoms with Crippen LogP contribution in [0.15, 0.2) is 42.5 Å². The first-order chi connectivity index (χ1) is 9.51. The summed E-state index contributed by atoms with van der Waals surface area (Å²) in [6, 6.07) is 14.2. The molecule has 100 valence electrons. The maximum atomic E-state index is 12.4. The lowest BCUT2D eigenvalue weighted by Gasteiger charge is -2.18. The van der Waals surface area contributed by atoms with Gasteiger partial charge in [-0.2, -0.15) is 5.26 Å². The van der Waals surface area contributed by atoms with Crippen molar-refractivity contribution < 1.29 is 4.79 Å². The zero-order valence-corrected chi connectivity index (χ0v) is 11.4.